The minimum atomic E-state index is -1.89. The third-order valence-corrected chi connectivity index (χ3v) is 7.60. The molecule has 238 valence electrons. The minimum absolute atomic E-state index is 0.346. The van der Waals surface area contributed by atoms with Crippen LogP contribution in [0.4, 0.5) is 0 Å². The molecule has 40 heavy (non-hydrogen) atoms. The third-order valence-electron chi connectivity index (χ3n) is 7.60. The molecule has 0 aliphatic carbocycles. The van der Waals surface area contributed by atoms with Crippen LogP contribution in [0.15, 0.2) is 0 Å². The number of carbonyl (C=O) groups excluding carboxylic acids is 1. The fourth-order valence-electron chi connectivity index (χ4n) is 4.85. The van der Waals surface area contributed by atoms with Crippen molar-refractivity contribution in [3.8, 4) is 0 Å². The molecule has 8 atom stereocenters. The van der Waals surface area contributed by atoms with E-state index in [1.165, 1.54) is 77.0 Å². The van der Waals surface area contributed by atoms with Crippen LogP contribution in [-0.4, -0.2) is 110 Å². The molecule has 0 saturated carbocycles. The normalized spacial score (nSPS) is 25.4. The van der Waals surface area contributed by atoms with Crippen molar-refractivity contribution in [2.75, 3.05) is 19.8 Å². The van der Waals surface area contributed by atoms with Crippen molar-refractivity contribution in [1.29, 1.82) is 0 Å². The van der Waals surface area contributed by atoms with Gasteiger partial charge >= 0.3 is 0 Å². The summed E-state index contributed by atoms with van der Waals surface area (Å²) in [4.78, 5) is 12.1. The molecule has 0 radical (unpaired) electrons. The van der Waals surface area contributed by atoms with E-state index in [2.05, 4.69) is 12.2 Å². The molecule has 0 bridgehead atoms. The van der Waals surface area contributed by atoms with Gasteiger partial charge in [0.1, 0.15) is 36.6 Å². The number of amides is 1. The number of hydrogen-bond acceptors (Lipinski definition) is 10. The van der Waals surface area contributed by atoms with Gasteiger partial charge in [-0.3, -0.25) is 4.79 Å². The van der Waals surface area contributed by atoms with E-state index >= 15 is 0 Å². The number of ether oxygens (including phenoxy) is 2. The monoisotopic (exact) mass is 579 g/mol. The lowest BCUT2D eigenvalue weighted by molar-refractivity contribution is -0.306. The summed E-state index contributed by atoms with van der Waals surface area (Å²) in [5, 5.41) is 71.5. The van der Waals surface area contributed by atoms with Crippen LogP contribution in [0.5, 0.6) is 0 Å². The summed E-state index contributed by atoms with van der Waals surface area (Å²) >= 11 is 0. The Morgan fingerprint density at radius 1 is 0.750 bits per heavy atom. The Bertz CT molecular complexity index is 626. The first kappa shape index (κ1) is 37.1. The summed E-state index contributed by atoms with van der Waals surface area (Å²) < 4.78 is 10.3. The quantitative estimate of drug-likeness (QED) is 0.0773. The summed E-state index contributed by atoms with van der Waals surface area (Å²) in [7, 11) is 0. The van der Waals surface area contributed by atoms with Crippen LogP contribution in [0.3, 0.4) is 0 Å². The van der Waals surface area contributed by atoms with E-state index < -0.39 is 68.1 Å². The second kappa shape index (κ2) is 22.7. The van der Waals surface area contributed by atoms with Crippen molar-refractivity contribution in [2.24, 2.45) is 0 Å². The zero-order valence-corrected chi connectivity index (χ0v) is 24.4. The van der Waals surface area contributed by atoms with Gasteiger partial charge < -0.3 is 50.5 Å². The molecule has 0 spiro atoms. The molecular weight excluding hydrogens is 522 g/mol. The number of nitrogens with one attached hydrogen (secondary N) is 1. The van der Waals surface area contributed by atoms with Gasteiger partial charge in [-0.2, -0.15) is 0 Å². The number of aliphatic hydroxyl groups is 7. The Morgan fingerprint density at radius 3 is 1.70 bits per heavy atom. The SMILES string of the molecule is CCCCCCCCCCCCCCCCCCNC(=O)[C@@H](O)[C@H](O)[C@@H](O)CO[C@H]1O[C@H](CO)[C@@H](O)[C@H](O)[C@H]1O. The highest BCUT2D eigenvalue weighted by Crippen LogP contribution is 2.22. The van der Waals surface area contributed by atoms with Crippen molar-refractivity contribution >= 4 is 5.91 Å². The van der Waals surface area contributed by atoms with Gasteiger partial charge in [-0.1, -0.05) is 103 Å². The Labute approximate surface area is 239 Å². The minimum Gasteiger partial charge on any atom is -0.394 e. The molecule has 1 heterocycles. The average molecular weight is 580 g/mol. The second-order valence-corrected chi connectivity index (χ2v) is 11.1. The largest absolute Gasteiger partial charge is 0.394 e. The zero-order valence-electron chi connectivity index (χ0n) is 24.4. The fourth-order valence-corrected chi connectivity index (χ4v) is 4.85. The average Bonchev–Trinajstić information content (AvgIpc) is 2.96. The predicted molar refractivity (Wildman–Crippen MR) is 150 cm³/mol. The Morgan fingerprint density at radius 2 is 1.23 bits per heavy atom. The topological polar surface area (TPSA) is 189 Å². The lowest BCUT2D eigenvalue weighted by Gasteiger charge is -2.40. The molecule has 1 saturated heterocycles. The summed E-state index contributed by atoms with van der Waals surface area (Å²) in [6.45, 7) is 1.30. The number of hydrogen-bond donors (Lipinski definition) is 8. The maximum Gasteiger partial charge on any atom is 0.251 e. The van der Waals surface area contributed by atoms with E-state index in [1.54, 1.807) is 0 Å². The molecule has 0 aromatic heterocycles. The van der Waals surface area contributed by atoms with E-state index in [1.807, 2.05) is 0 Å². The van der Waals surface area contributed by atoms with E-state index in [0.717, 1.165) is 25.7 Å². The molecule has 1 aliphatic rings. The van der Waals surface area contributed by atoms with Crippen molar-refractivity contribution in [1.82, 2.24) is 5.32 Å². The predicted octanol–water partition coefficient (Wildman–Crippen LogP) is 1.26. The van der Waals surface area contributed by atoms with Gasteiger partial charge in [-0.25, -0.2) is 0 Å². The molecule has 11 heteroatoms. The van der Waals surface area contributed by atoms with Gasteiger partial charge in [0, 0.05) is 6.54 Å². The highest BCUT2D eigenvalue weighted by molar-refractivity contribution is 5.81. The number of aliphatic hydroxyl groups excluding tert-OH is 7. The van der Waals surface area contributed by atoms with Crippen molar-refractivity contribution < 1.29 is 50.0 Å². The summed E-state index contributed by atoms with van der Waals surface area (Å²) in [6.07, 6.45) is 6.89. The number of unbranched alkanes of at least 4 members (excludes halogenated alkanes) is 15. The number of carbonyl (C=O) groups is 1. The van der Waals surface area contributed by atoms with Crippen molar-refractivity contribution in [3.05, 3.63) is 0 Å². The first-order valence-corrected chi connectivity index (χ1v) is 15.5. The van der Waals surface area contributed by atoms with Gasteiger partial charge in [-0.15, -0.1) is 0 Å². The Balaban J connectivity index is 2.05. The maximum atomic E-state index is 12.1. The van der Waals surface area contributed by atoms with E-state index in [4.69, 9.17) is 9.47 Å². The lowest BCUT2D eigenvalue weighted by Crippen LogP contribution is -2.59. The molecule has 1 amide bonds. The van der Waals surface area contributed by atoms with Gasteiger partial charge in [0.05, 0.1) is 13.2 Å². The van der Waals surface area contributed by atoms with Crippen LogP contribution in [0.1, 0.15) is 110 Å². The standard InChI is InChI=1S/C29H57NO10/c1-2-3-4-5-6-7-8-9-10-11-12-13-14-15-16-17-18-30-28(38)26(36)23(33)21(32)20-39-29-27(37)25(35)24(34)22(19-31)40-29/h21-27,29,31-37H,2-20H2,1H3,(H,30,38)/t21-,22+,23+,24+,25-,26-,27+,29-/m0/s1. The molecule has 1 aliphatic heterocycles. The van der Waals surface area contributed by atoms with Crippen molar-refractivity contribution in [2.45, 2.75) is 159 Å². The lowest BCUT2D eigenvalue weighted by atomic mass is 9.99. The second-order valence-electron chi connectivity index (χ2n) is 11.1. The number of rotatable bonds is 24. The molecular formula is C29H57NO10. The molecule has 0 unspecified atom stereocenters. The molecule has 1 rings (SSSR count). The van der Waals surface area contributed by atoms with Crippen LogP contribution >= 0.6 is 0 Å². The van der Waals surface area contributed by atoms with Crippen molar-refractivity contribution in [3.63, 3.8) is 0 Å². The first-order chi connectivity index (χ1) is 19.2. The highest BCUT2D eigenvalue weighted by atomic mass is 16.7. The third kappa shape index (κ3) is 14.8. The Kier molecular flexibility index (Phi) is 21.1. The summed E-state index contributed by atoms with van der Waals surface area (Å²) in [5.41, 5.74) is 0. The molecule has 0 aromatic carbocycles. The van der Waals surface area contributed by atoms with E-state index in [-0.39, 0.29) is 0 Å². The molecule has 1 fully saturated rings. The smallest absolute Gasteiger partial charge is 0.251 e. The summed E-state index contributed by atoms with van der Waals surface area (Å²) in [5.74, 6) is -0.819. The van der Waals surface area contributed by atoms with Gasteiger partial charge in [-0.05, 0) is 6.42 Å². The van der Waals surface area contributed by atoms with Gasteiger partial charge in [0.2, 0.25) is 0 Å². The summed E-state index contributed by atoms with van der Waals surface area (Å²) in [6, 6.07) is 0. The van der Waals surface area contributed by atoms with Crippen LogP contribution in [-0.2, 0) is 14.3 Å². The first-order valence-electron chi connectivity index (χ1n) is 15.5. The van der Waals surface area contributed by atoms with Crippen LogP contribution in [0, 0.1) is 0 Å². The van der Waals surface area contributed by atoms with Gasteiger partial charge in [0.25, 0.3) is 5.91 Å². The van der Waals surface area contributed by atoms with Crippen LogP contribution < -0.4 is 5.32 Å². The Hall–Kier alpha value is -0.890. The molecule has 11 nitrogen and oxygen atoms in total. The van der Waals surface area contributed by atoms with Crippen LogP contribution in [0.25, 0.3) is 0 Å². The molecule has 8 N–H and O–H groups in total. The highest BCUT2D eigenvalue weighted by Gasteiger charge is 2.44. The van der Waals surface area contributed by atoms with E-state index in [9.17, 15) is 40.5 Å². The van der Waals surface area contributed by atoms with Crippen LogP contribution in [0.2, 0.25) is 0 Å². The van der Waals surface area contributed by atoms with Gasteiger partial charge in [0.15, 0.2) is 12.4 Å². The molecule has 0 aromatic rings. The fraction of sp³-hybridized carbons (Fsp3) is 0.966. The zero-order chi connectivity index (χ0) is 29.8. The van der Waals surface area contributed by atoms with E-state index in [0.29, 0.717) is 6.54 Å². The maximum absolute atomic E-state index is 12.1.